The van der Waals surface area contributed by atoms with Gasteiger partial charge in [-0.05, 0) is 159 Å². The normalized spacial score (nSPS) is 41.7. The maximum Gasteiger partial charge on any atom is 0.519 e. The Kier molecular flexibility index (Phi) is 6.79. The third-order valence-electron chi connectivity index (χ3n) is 14.6. The highest BCUT2D eigenvalue weighted by molar-refractivity contribution is 5.67. The van der Waals surface area contributed by atoms with E-state index in [0.29, 0.717) is 59.8 Å². The summed E-state index contributed by atoms with van der Waals surface area (Å²) in [6, 6.07) is 12.1. The molecule has 4 fully saturated rings. The molecule has 6 aliphatic rings. The lowest BCUT2D eigenvalue weighted by atomic mass is 9.53. The van der Waals surface area contributed by atoms with Crippen molar-refractivity contribution in [3.05, 3.63) is 58.7 Å². The Morgan fingerprint density at radius 2 is 1.13 bits per heavy atom. The SMILES string of the molecule is C#C[C@]1(O)CC[C@H]2[C@@H]3CCc4cc(OC(=O)Oc5ccc6c(c5)CC[C@@H]5[C@@H]6CC[C@@]6(C)[C@H]5CC[C@@]6(O)C#C)ccc4[C@H]3CC[C@@]21C. The molecule has 10 atom stereocenters. The van der Waals surface area contributed by atoms with Gasteiger partial charge in [0.2, 0.25) is 0 Å². The maximum atomic E-state index is 12.9. The fourth-order valence-electron chi connectivity index (χ4n) is 12.0. The molecule has 0 amide bonds. The van der Waals surface area contributed by atoms with Gasteiger partial charge in [-0.2, -0.15) is 0 Å². The fraction of sp³-hybridized carbons (Fsp3) is 0.585. The molecule has 0 unspecified atom stereocenters. The van der Waals surface area contributed by atoms with Crippen LogP contribution in [0.1, 0.15) is 112 Å². The van der Waals surface area contributed by atoms with Crippen molar-refractivity contribution in [3.63, 3.8) is 0 Å². The molecule has 4 saturated carbocycles. The predicted molar refractivity (Wildman–Crippen MR) is 176 cm³/mol. The summed E-state index contributed by atoms with van der Waals surface area (Å²) in [4.78, 5) is 12.9. The molecule has 0 aliphatic heterocycles. The van der Waals surface area contributed by atoms with E-state index in [-0.39, 0.29) is 10.8 Å². The molecular formula is C41H46O5. The van der Waals surface area contributed by atoms with Gasteiger partial charge in [-0.3, -0.25) is 0 Å². The molecule has 2 N–H and O–H groups in total. The minimum Gasteiger partial charge on any atom is -0.395 e. The van der Waals surface area contributed by atoms with Crippen molar-refractivity contribution in [2.24, 2.45) is 34.5 Å². The Hall–Kier alpha value is -3.25. The van der Waals surface area contributed by atoms with Crippen LogP contribution < -0.4 is 9.47 Å². The van der Waals surface area contributed by atoms with Crippen LogP contribution in [-0.2, 0) is 12.8 Å². The van der Waals surface area contributed by atoms with Crippen LogP contribution in [0.2, 0.25) is 0 Å². The van der Waals surface area contributed by atoms with Gasteiger partial charge >= 0.3 is 6.16 Å². The lowest BCUT2D eigenvalue weighted by molar-refractivity contribution is -0.0647. The van der Waals surface area contributed by atoms with E-state index in [1.54, 1.807) is 0 Å². The van der Waals surface area contributed by atoms with Gasteiger partial charge in [0.05, 0.1) is 0 Å². The second kappa shape index (κ2) is 10.4. The van der Waals surface area contributed by atoms with Gasteiger partial charge < -0.3 is 19.7 Å². The van der Waals surface area contributed by atoms with Crippen molar-refractivity contribution >= 4 is 6.16 Å². The highest BCUT2D eigenvalue weighted by Crippen LogP contribution is 2.65. The summed E-state index contributed by atoms with van der Waals surface area (Å²) < 4.78 is 11.4. The number of hydrogen-bond acceptors (Lipinski definition) is 5. The van der Waals surface area contributed by atoms with Crippen LogP contribution >= 0.6 is 0 Å². The number of aryl methyl sites for hydroxylation is 2. The number of benzene rings is 2. The fourth-order valence-corrected chi connectivity index (χ4v) is 12.0. The summed E-state index contributed by atoms with van der Waals surface area (Å²) >= 11 is 0. The Morgan fingerprint density at radius 3 is 1.54 bits per heavy atom. The first-order valence-corrected chi connectivity index (χ1v) is 17.6. The molecular weight excluding hydrogens is 572 g/mol. The summed E-state index contributed by atoms with van der Waals surface area (Å²) in [6.07, 6.45) is 22.2. The number of fused-ring (bicyclic) bond motifs is 10. The molecule has 0 heterocycles. The number of rotatable bonds is 2. The Bertz CT molecular complexity index is 1560. The smallest absolute Gasteiger partial charge is 0.395 e. The summed E-state index contributed by atoms with van der Waals surface area (Å²) in [5, 5.41) is 22.4. The Balaban J connectivity index is 0.932. The van der Waals surface area contributed by atoms with E-state index in [2.05, 4.69) is 37.8 Å². The van der Waals surface area contributed by atoms with Crippen molar-refractivity contribution < 1.29 is 24.5 Å². The third-order valence-corrected chi connectivity index (χ3v) is 14.6. The molecule has 0 bridgehead atoms. The van der Waals surface area contributed by atoms with Gasteiger partial charge in [-0.25, -0.2) is 4.79 Å². The minimum atomic E-state index is -0.994. The highest BCUT2D eigenvalue weighted by Gasteiger charge is 2.62. The van der Waals surface area contributed by atoms with E-state index < -0.39 is 17.4 Å². The molecule has 2 aromatic carbocycles. The molecule has 6 aliphatic carbocycles. The summed E-state index contributed by atoms with van der Waals surface area (Å²) in [7, 11) is 0. The average molecular weight is 619 g/mol. The van der Waals surface area contributed by atoms with E-state index in [9.17, 15) is 15.0 Å². The molecule has 0 radical (unpaired) electrons. The van der Waals surface area contributed by atoms with Gasteiger partial charge in [0.1, 0.15) is 22.7 Å². The lowest BCUT2D eigenvalue weighted by Gasteiger charge is -2.52. The lowest BCUT2D eigenvalue weighted by Crippen LogP contribution is -2.50. The number of terminal acetylenes is 2. The number of aliphatic hydroxyl groups is 2. The second-order valence-corrected chi connectivity index (χ2v) is 16.0. The standard InChI is InChI=1S/C41H46O5/c1-5-40(43)21-17-35-33-11-7-25-23-27(9-13-29(25)31(33)15-19-38(35,40)3)45-37(42)46-28-10-14-30-26(24-28)8-12-34-32(30)16-20-39(4)36(34)18-22-41(39,44)6-2/h1-2,9-10,13-14,23-24,31-36,43-44H,7-8,11-12,15-22H2,3-4H3/t31-,32-,33-,34-,35+,36+,38+,39+,40+,41+/m1/s1. The molecule has 240 valence electrons. The summed E-state index contributed by atoms with van der Waals surface area (Å²) in [6.45, 7) is 4.42. The molecule has 5 heteroatoms. The predicted octanol–water partition coefficient (Wildman–Crippen LogP) is 7.71. The summed E-state index contributed by atoms with van der Waals surface area (Å²) in [5.41, 5.74) is 2.78. The molecule has 46 heavy (non-hydrogen) atoms. The minimum absolute atomic E-state index is 0.214. The van der Waals surface area contributed by atoms with Crippen LogP contribution in [0, 0.1) is 59.2 Å². The van der Waals surface area contributed by atoms with Crippen LogP contribution in [-0.4, -0.2) is 27.6 Å². The third kappa shape index (κ3) is 4.14. The summed E-state index contributed by atoms with van der Waals surface area (Å²) in [5.74, 6) is 9.36. The Labute approximate surface area is 273 Å². The van der Waals surface area contributed by atoms with Crippen molar-refractivity contribution in [1.82, 2.24) is 0 Å². The average Bonchev–Trinajstić information content (AvgIpc) is 3.49. The van der Waals surface area contributed by atoms with Crippen molar-refractivity contribution in [2.45, 2.75) is 114 Å². The number of ether oxygens (including phenoxy) is 2. The number of hydrogen-bond donors (Lipinski definition) is 2. The van der Waals surface area contributed by atoms with E-state index in [0.717, 1.165) is 64.2 Å². The van der Waals surface area contributed by atoms with E-state index in [4.69, 9.17) is 22.3 Å². The first-order valence-electron chi connectivity index (χ1n) is 17.6. The van der Waals surface area contributed by atoms with Gasteiger partial charge in [0.15, 0.2) is 0 Å². The van der Waals surface area contributed by atoms with E-state index >= 15 is 0 Å². The van der Waals surface area contributed by atoms with Crippen LogP contribution in [0.3, 0.4) is 0 Å². The van der Waals surface area contributed by atoms with Crippen molar-refractivity contribution in [1.29, 1.82) is 0 Å². The molecule has 0 saturated heterocycles. The number of carbonyl (C=O) groups is 1. The van der Waals surface area contributed by atoms with Crippen LogP contribution in [0.15, 0.2) is 36.4 Å². The van der Waals surface area contributed by atoms with E-state index in [1.165, 1.54) is 22.3 Å². The molecule has 2 aromatic rings. The molecule has 0 aromatic heterocycles. The van der Waals surface area contributed by atoms with Gasteiger partial charge in [0.25, 0.3) is 0 Å². The first-order chi connectivity index (χ1) is 22.0. The van der Waals surface area contributed by atoms with Gasteiger partial charge in [-0.1, -0.05) is 37.8 Å². The quantitative estimate of drug-likeness (QED) is 0.205. The zero-order valence-corrected chi connectivity index (χ0v) is 27.2. The molecule has 0 spiro atoms. The zero-order chi connectivity index (χ0) is 32.1. The zero-order valence-electron chi connectivity index (χ0n) is 27.2. The largest absolute Gasteiger partial charge is 0.519 e. The molecule has 8 rings (SSSR count). The Morgan fingerprint density at radius 1 is 0.696 bits per heavy atom. The van der Waals surface area contributed by atoms with Gasteiger partial charge in [0, 0.05) is 10.8 Å². The van der Waals surface area contributed by atoms with Crippen molar-refractivity contribution in [2.75, 3.05) is 0 Å². The van der Waals surface area contributed by atoms with Gasteiger partial charge in [-0.15, -0.1) is 12.8 Å². The van der Waals surface area contributed by atoms with Crippen molar-refractivity contribution in [3.8, 4) is 36.2 Å². The molecule has 5 nitrogen and oxygen atoms in total. The van der Waals surface area contributed by atoms with Crippen LogP contribution in [0.5, 0.6) is 11.5 Å². The monoisotopic (exact) mass is 618 g/mol. The second-order valence-electron chi connectivity index (χ2n) is 16.0. The highest BCUT2D eigenvalue weighted by atomic mass is 16.7. The number of carbonyl (C=O) groups excluding carboxylic acids is 1. The first kappa shape index (κ1) is 30.1. The van der Waals surface area contributed by atoms with Crippen LogP contribution in [0.4, 0.5) is 4.79 Å². The van der Waals surface area contributed by atoms with E-state index in [1.807, 2.05) is 24.3 Å². The van der Waals surface area contributed by atoms with Crippen LogP contribution in [0.25, 0.3) is 0 Å². The topological polar surface area (TPSA) is 76.0 Å². The maximum absolute atomic E-state index is 12.9.